The number of halogens is 2. The summed E-state index contributed by atoms with van der Waals surface area (Å²) in [6.45, 7) is 1.23. The SMILES string of the molecule is CS(=O)(=O)CC1CCCN(c2ncnc3cc(F)c(F)cc23)C1. The number of aromatic nitrogens is 2. The van der Waals surface area contributed by atoms with Crippen LogP contribution in [0.4, 0.5) is 14.6 Å². The lowest BCUT2D eigenvalue weighted by Crippen LogP contribution is -2.38. The highest BCUT2D eigenvalue weighted by Crippen LogP contribution is 2.29. The number of piperidine rings is 1. The molecule has 0 amide bonds. The molecule has 1 aromatic carbocycles. The lowest BCUT2D eigenvalue weighted by atomic mass is 10.00. The van der Waals surface area contributed by atoms with Gasteiger partial charge in [0.15, 0.2) is 11.6 Å². The third-order valence-corrected chi connectivity index (χ3v) is 5.09. The Morgan fingerprint density at radius 1 is 1.26 bits per heavy atom. The highest BCUT2D eigenvalue weighted by molar-refractivity contribution is 7.90. The van der Waals surface area contributed by atoms with Crippen LogP contribution in [0.25, 0.3) is 10.9 Å². The van der Waals surface area contributed by atoms with Crippen LogP contribution in [0.5, 0.6) is 0 Å². The zero-order chi connectivity index (χ0) is 16.6. The maximum Gasteiger partial charge on any atom is 0.161 e. The largest absolute Gasteiger partial charge is 0.356 e. The van der Waals surface area contributed by atoms with Crippen LogP contribution in [0.3, 0.4) is 0 Å². The maximum atomic E-state index is 13.6. The quantitative estimate of drug-likeness (QED) is 0.856. The fraction of sp³-hybridized carbons (Fsp3) is 0.467. The number of hydrogen-bond donors (Lipinski definition) is 0. The minimum Gasteiger partial charge on any atom is -0.356 e. The van der Waals surface area contributed by atoms with Gasteiger partial charge in [-0.15, -0.1) is 0 Å². The minimum absolute atomic E-state index is 0.00839. The third-order valence-electron chi connectivity index (χ3n) is 4.01. The lowest BCUT2D eigenvalue weighted by Gasteiger charge is -2.33. The van der Waals surface area contributed by atoms with Gasteiger partial charge in [0.25, 0.3) is 0 Å². The van der Waals surface area contributed by atoms with Crippen LogP contribution in [0, 0.1) is 17.6 Å². The highest BCUT2D eigenvalue weighted by Gasteiger charge is 2.25. The molecule has 1 atom stereocenters. The molecular formula is C15H17F2N3O2S. The van der Waals surface area contributed by atoms with E-state index in [9.17, 15) is 17.2 Å². The fourth-order valence-electron chi connectivity index (χ4n) is 3.11. The van der Waals surface area contributed by atoms with Gasteiger partial charge < -0.3 is 4.90 Å². The summed E-state index contributed by atoms with van der Waals surface area (Å²) in [4.78, 5) is 10.1. The highest BCUT2D eigenvalue weighted by atomic mass is 32.2. The molecule has 5 nitrogen and oxygen atoms in total. The first-order valence-electron chi connectivity index (χ1n) is 7.36. The second kappa shape index (κ2) is 5.99. The van der Waals surface area contributed by atoms with E-state index < -0.39 is 21.5 Å². The fourth-order valence-corrected chi connectivity index (χ4v) is 4.24. The summed E-state index contributed by atoms with van der Waals surface area (Å²) in [5.41, 5.74) is 0.333. The first-order chi connectivity index (χ1) is 10.8. The molecule has 0 N–H and O–H groups in total. The van der Waals surface area contributed by atoms with E-state index in [1.807, 2.05) is 4.90 Å². The molecule has 2 aromatic rings. The van der Waals surface area contributed by atoms with E-state index in [4.69, 9.17) is 0 Å². The van der Waals surface area contributed by atoms with Crippen molar-refractivity contribution in [1.29, 1.82) is 0 Å². The van der Waals surface area contributed by atoms with Crippen molar-refractivity contribution in [3.05, 3.63) is 30.1 Å². The second-order valence-electron chi connectivity index (χ2n) is 6.03. The van der Waals surface area contributed by atoms with Gasteiger partial charge in [-0.3, -0.25) is 0 Å². The van der Waals surface area contributed by atoms with Gasteiger partial charge in [0.2, 0.25) is 0 Å². The lowest BCUT2D eigenvalue weighted by molar-refractivity contribution is 0.443. The normalized spacial score (nSPS) is 19.3. The smallest absolute Gasteiger partial charge is 0.161 e. The van der Waals surface area contributed by atoms with E-state index in [0.29, 0.717) is 29.8 Å². The number of hydrogen-bond acceptors (Lipinski definition) is 5. The molecule has 2 heterocycles. The molecule has 1 saturated heterocycles. The number of fused-ring (bicyclic) bond motifs is 1. The van der Waals surface area contributed by atoms with Crippen molar-refractivity contribution in [2.45, 2.75) is 12.8 Å². The summed E-state index contributed by atoms with van der Waals surface area (Å²) in [5, 5.41) is 0.436. The standard InChI is InChI=1S/C15H17F2N3O2S/c1-23(21,22)8-10-3-2-4-20(7-10)15-11-5-12(16)13(17)6-14(11)18-9-19-15/h5-6,9-10H,2-4,7-8H2,1H3. The van der Waals surface area contributed by atoms with Crippen LogP contribution in [0.15, 0.2) is 18.5 Å². The van der Waals surface area contributed by atoms with Crippen LogP contribution in [-0.2, 0) is 9.84 Å². The molecule has 1 aliphatic rings. The van der Waals surface area contributed by atoms with Crippen LogP contribution in [0.1, 0.15) is 12.8 Å². The Morgan fingerprint density at radius 2 is 2.00 bits per heavy atom. The van der Waals surface area contributed by atoms with Gasteiger partial charge in [0.05, 0.1) is 11.3 Å². The van der Waals surface area contributed by atoms with Crippen LogP contribution >= 0.6 is 0 Å². The Balaban J connectivity index is 1.95. The number of rotatable bonds is 3. The van der Waals surface area contributed by atoms with E-state index in [-0.39, 0.29) is 11.7 Å². The molecular weight excluding hydrogens is 324 g/mol. The van der Waals surface area contributed by atoms with Crippen LogP contribution in [0.2, 0.25) is 0 Å². The second-order valence-corrected chi connectivity index (χ2v) is 8.21. The Bertz CT molecular complexity index is 842. The van der Waals surface area contributed by atoms with E-state index in [2.05, 4.69) is 9.97 Å². The van der Waals surface area contributed by atoms with Crippen molar-refractivity contribution in [1.82, 2.24) is 9.97 Å². The van der Waals surface area contributed by atoms with E-state index >= 15 is 0 Å². The predicted octanol–water partition coefficient (Wildman–Crippen LogP) is 2.17. The minimum atomic E-state index is -3.05. The molecule has 0 aliphatic carbocycles. The summed E-state index contributed by atoms with van der Waals surface area (Å²) in [6, 6.07) is 2.15. The Labute approximate surface area is 133 Å². The van der Waals surface area contributed by atoms with Gasteiger partial charge in [0, 0.05) is 30.8 Å². The average Bonchev–Trinajstić information content (AvgIpc) is 2.46. The predicted molar refractivity (Wildman–Crippen MR) is 84.1 cm³/mol. The molecule has 0 saturated carbocycles. The van der Waals surface area contributed by atoms with E-state index in [1.165, 1.54) is 12.6 Å². The van der Waals surface area contributed by atoms with Crippen LogP contribution < -0.4 is 4.90 Å². The Hall–Kier alpha value is -1.83. The van der Waals surface area contributed by atoms with Crippen molar-refractivity contribution in [3.8, 4) is 0 Å². The van der Waals surface area contributed by atoms with Crippen LogP contribution in [-0.4, -0.2) is 43.5 Å². The third kappa shape index (κ3) is 3.57. The molecule has 0 bridgehead atoms. The zero-order valence-corrected chi connectivity index (χ0v) is 13.5. The number of sulfone groups is 1. The van der Waals surface area contributed by atoms with E-state index in [0.717, 1.165) is 25.0 Å². The molecule has 3 rings (SSSR count). The van der Waals surface area contributed by atoms with Gasteiger partial charge >= 0.3 is 0 Å². The summed E-state index contributed by atoms with van der Waals surface area (Å²) in [7, 11) is -3.05. The zero-order valence-electron chi connectivity index (χ0n) is 12.7. The Morgan fingerprint density at radius 3 is 2.74 bits per heavy atom. The van der Waals surface area contributed by atoms with E-state index in [1.54, 1.807) is 0 Å². The molecule has 23 heavy (non-hydrogen) atoms. The van der Waals surface area contributed by atoms with Gasteiger partial charge in [0.1, 0.15) is 22.0 Å². The molecule has 0 spiro atoms. The number of nitrogens with zero attached hydrogens (tertiary/aromatic N) is 3. The monoisotopic (exact) mass is 341 g/mol. The number of benzene rings is 1. The molecule has 8 heteroatoms. The number of anilines is 1. The first-order valence-corrected chi connectivity index (χ1v) is 9.42. The van der Waals surface area contributed by atoms with Gasteiger partial charge in [-0.1, -0.05) is 0 Å². The molecule has 124 valence electrons. The van der Waals surface area contributed by atoms with Crippen molar-refractivity contribution < 1.29 is 17.2 Å². The van der Waals surface area contributed by atoms with Gasteiger partial charge in [-0.2, -0.15) is 0 Å². The summed E-state index contributed by atoms with van der Waals surface area (Å²) < 4.78 is 49.9. The summed E-state index contributed by atoms with van der Waals surface area (Å²) >= 11 is 0. The van der Waals surface area contributed by atoms with Crippen molar-refractivity contribution in [2.24, 2.45) is 5.92 Å². The summed E-state index contributed by atoms with van der Waals surface area (Å²) in [6.07, 6.45) is 4.20. The molecule has 1 fully saturated rings. The molecule has 0 radical (unpaired) electrons. The topological polar surface area (TPSA) is 63.2 Å². The maximum absolute atomic E-state index is 13.6. The molecule has 1 unspecified atom stereocenters. The van der Waals surface area contributed by atoms with Gasteiger partial charge in [-0.05, 0) is 24.8 Å². The van der Waals surface area contributed by atoms with Crippen molar-refractivity contribution >= 4 is 26.6 Å². The molecule has 1 aliphatic heterocycles. The average molecular weight is 341 g/mol. The summed E-state index contributed by atoms with van der Waals surface area (Å²) in [5.74, 6) is -1.25. The first kappa shape index (κ1) is 16.0. The molecule has 1 aromatic heterocycles. The Kier molecular flexibility index (Phi) is 4.18. The van der Waals surface area contributed by atoms with Crippen molar-refractivity contribution in [2.75, 3.05) is 30.0 Å². The van der Waals surface area contributed by atoms with Gasteiger partial charge in [-0.25, -0.2) is 27.2 Å². The van der Waals surface area contributed by atoms with Crippen molar-refractivity contribution in [3.63, 3.8) is 0 Å².